The third-order valence-corrected chi connectivity index (χ3v) is 4.19. The van der Waals surface area contributed by atoms with E-state index in [0.717, 1.165) is 26.6 Å². The van der Waals surface area contributed by atoms with Gasteiger partial charge in [0.25, 0.3) is 0 Å². The van der Waals surface area contributed by atoms with Gasteiger partial charge < -0.3 is 9.84 Å². The number of thiazole rings is 1. The Bertz CT molecular complexity index is 854. The van der Waals surface area contributed by atoms with Crippen LogP contribution < -0.4 is 10.2 Å². The monoisotopic (exact) mass is 341 g/mol. The van der Waals surface area contributed by atoms with Crippen LogP contribution in [0, 0.1) is 0 Å². The van der Waals surface area contributed by atoms with Crippen molar-refractivity contribution in [3.05, 3.63) is 54.1 Å². The van der Waals surface area contributed by atoms with Crippen molar-refractivity contribution >= 4 is 38.4 Å². The van der Waals surface area contributed by atoms with Gasteiger partial charge in [0.05, 0.1) is 15.9 Å². The van der Waals surface area contributed by atoms with Crippen LogP contribution >= 0.6 is 11.3 Å². The third-order valence-electron chi connectivity index (χ3n) is 3.25. The highest BCUT2D eigenvalue weighted by Gasteiger charge is 2.04. The zero-order valence-electron chi connectivity index (χ0n) is 12.9. The number of carbonyl (C=O) groups is 1. The number of aromatic nitrogens is 1. The molecule has 0 fully saturated rings. The fourth-order valence-corrected chi connectivity index (χ4v) is 2.86. The first-order chi connectivity index (χ1) is 11.6. The Balaban J connectivity index is 1.67. The van der Waals surface area contributed by atoms with Crippen LogP contribution in [-0.2, 0) is 4.79 Å². The van der Waals surface area contributed by atoms with Crippen molar-refractivity contribution in [1.29, 1.82) is 0 Å². The number of benzene rings is 2. The zero-order chi connectivity index (χ0) is 16.9. The molecule has 0 aliphatic rings. The Morgan fingerprint density at radius 3 is 2.71 bits per heavy atom. The number of nitrogens with one attached hydrogen (secondary N) is 1. The molecule has 3 aromatic rings. The Hall–Kier alpha value is -2.93. The summed E-state index contributed by atoms with van der Waals surface area (Å²) in [6.45, 7) is 1.53. The van der Waals surface area contributed by atoms with Gasteiger partial charge in [0.15, 0.2) is 6.61 Å². The van der Waals surface area contributed by atoms with Crippen molar-refractivity contribution in [3.63, 3.8) is 0 Å². The van der Waals surface area contributed by atoms with Crippen molar-refractivity contribution in [2.75, 3.05) is 12.0 Å². The molecule has 3 rings (SSSR count). The normalized spacial score (nSPS) is 11.5. The van der Waals surface area contributed by atoms with Crippen LogP contribution in [0.4, 0.5) is 5.13 Å². The number of hydrazone groups is 1. The van der Waals surface area contributed by atoms with Gasteiger partial charge in [-0.05, 0) is 48.9 Å². The second-order valence-electron chi connectivity index (χ2n) is 5.00. The second kappa shape index (κ2) is 7.10. The first kappa shape index (κ1) is 15.9. The van der Waals surface area contributed by atoms with Gasteiger partial charge in [-0.3, -0.25) is 5.43 Å². The summed E-state index contributed by atoms with van der Waals surface area (Å²) in [5.74, 6) is -0.495. The molecular weight excluding hydrogens is 326 g/mol. The number of hydrogen-bond donors (Lipinski definition) is 2. The highest BCUT2D eigenvalue weighted by atomic mass is 32.1. The number of fused-ring (bicyclic) bond motifs is 1. The molecule has 0 amide bonds. The van der Waals surface area contributed by atoms with Crippen LogP contribution in [0.15, 0.2) is 53.6 Å². The van der Waals surface area contributed by atoms with Crippen molar-refractivity contribution < 1.29 is 14.6 Å². The van der Waals surface area contributed by atoms with Crippen LogP contribution in [0.3, 0.4) is 0 Å². The number of hydrogen-bond acceptors (Lipinski definition) is 6. The predicted octanol–water partition coefficient (Wildman–Crippen LogP) is 3.60. The Labute approximate surface area is 142 Å². The highest BCUT2D eigenvalue weighted by molar-refractivity contribution is 7.22. The Kier molecular flexibility index (Phi) is 4.72. The molecule has 0 atom stereocenters. The van der Waals surface area contributed by atoms with Gasteiger partial charge >= 0.3 is 5.97 Å². The van der Waals surface area contributed by atoms with Crippen molar-refractivity contribution in [3.8, 4) is 5.75 Å². The van der Waals surface area contributed by atoms with Gasteiger partial charge in [-0.25, -0.2) is 9.78 Å². The summed E-state index contributed by atoms with van der Waals surface area (Å²) in [5, 5.41) is 13.7. The summed E-state index contributed by atoms with van der Waals surface area (Å²) in [7, 11) is 0. The minimum Gasteiger partial charge on any atom is -0.482 e. The average molecular weight is 341 g/mol. The highest BCUT2D eigenvalue weighted by Crippen LogP contribution is 2.25. The number of ether oxygens (including phenoxy) is 1. The fourth-order valence-electron chi connectivity index (χ4n) is 2.05. The van der Waals surface area contributed by atoms with E-state index in [-0.39, 0.29) is 6.61 Å². The minimum absolute atomic E-state index is 0.356. The molecule has 0 radical (unpaired) electrons. The van der Waals surface area contributed by atoms with E-state index in [0.29, 0.717) is 5.75 Å². The second-order valence-corrected chi connectivity index (χ2v) is 6.03. The van der Waals surface area contributed by atoms with Gasteiger partial charge in [0.1, 0.15) is 5.75 Å². The standard InChI is InChI=1S/C17H15N3O3S/c1-11(12-6-8-13(9-7-12)23-10-16(21)22)19-20-17-18-14-4-2-3-5-15(14)24-17/h2-9H,10H2,1H3,(H,18,20)(H,21,22). The number of carboxylic acids is 1. The molecule has 0 aliphatic carbocycles. The lowest BCUT2D eigenvalue weighted by Gasteiger charge is -2.05. The molecule has 7 heteroatoms. The molecule has 1 aromatic heterocycles. The Morgan fingerprint density at radius 1 is 1.25 bits per heavy atom. The maximum absolute atomic E-state index is 10.5. The van der Waals surface area contributed by atoms with E-state index in [1.165, 1.54) is 0 Å². The topological polar surface area (TPSA) is 83.8 Å². The molecule has 2 aromatic carbocycles. The molecule has 0 unspecified atom stereocenters. The van der Waals surface area contributed by atoms with Crippen LogP contribution in [0.1, 0.15) is 12.5 Å². The smallest absolute Gasteiger partial charge is 0.341 e. The number of carboxylic acid groups (broad SMARTS) is 1. The van der Waals surface area contributed by atoms with E-state index < -0.39 is 5.97 Å². The summed E-state index contributed by atoms with van der Waals surface area (Å²) < 4.78 is 6.21. The molecule has 1 heterocycles. The number of anilines is 1. The largest absolute Gasteiger partial charge is 0.482 e. The molecule has 0 bridgehead atoms. The maximum atomic E-state index is 10.5. The Morgan fingerprint density at radius 2 is 2.00 bits per heavy atom. The maximum Gasteiger partial charge on any atom is 0.341 e. The van der Waals surface area contributed by atoms with Crippen LogP contribution in [-0.4, -0.2) is 28.4 Å². The van der Waals surface area contributed by atoms with Gasteiger partial charge in [-0.2, -0.15) is 5.10 Å². The first-order valence-corrected chi connectivity index (χ1v) is 8.04. The fraction of sp³-hybridized carbons (Fsp3) is 0.118. The summed E-state index contributed by atoms with van der Waals surface area (Å²) in [5.41, 5.74) is 5.62. The van der Waals surface area contributed by atoms with Gasteiger partial charge in [-0.15, -0.1) is 0 Å². The number of para-hydroxylation sites is 1. The molecule has 122 valence electrons. The quantitative estimate of drug-likeness (QED) is 0.529. The van der Waals surface area contributed by atoms with E-state index in [1.807, 2.05) is 43.3 Å². The van der Waals surface area contributed by atoms with Crippen LogP contribution in [0.25, 0.3) is 10.2 Å². The zero-order valence-corrected chi connectivity index (χ0v) is 13.7. The van der Waals surface area contributed by atoms with Crippen LogP contribution in [0.5, 0.6) is 5.75 Å². The predicted molar refractivity (Wildman–Crippen MR) is 95.0 cm³/mol. The lowest BCUT2D eigenvalue weighted by molar-refractivity contribution is -0.139. The average Bonchev–Trinajstić information content (AvgIpc) is 3.01. The molecule has 6 nitrogen and oxygen atoms in total. The van der Waals surface area contributed by atoms with Gasteiger partial charge in [-0.1, -0.05) is 23.5 Å². The van der Waals surface area contributed by atoms with E-state index in [9.17, 15) is 4.79 Å². The third kappa shape index (κ3) is 3.88. The number of aliphatic carboxylic acids is 1. The minimum atomic E-state index is -1.00. The molecular formula is C17H15N3O3S. The van der Waals surface area contributed by atoms with E-state index in [2.05, 4.69) is 15.5 Å². The summed E-state index contributed by atoms with van der Waals surface area (Å²) in [6.07, 6.45) is 0. The van der Waals surface area contributed by atoms with Crippen molar-refractivity contribution in [2.24, 2.45) is 5.10 Å². The SMILES string of the molecule is CC(=NNc1nc2ccccc2s1)c1ccc(OCC(=O)O)cc1. The molecule has 0 saturated heterocycles. The molecule has 2 N–H and O–H groups in total. The van der Waals surface area contributed by atoms with Crippen LogP contribution in [0.2, 0.25) is 0 Å². The van der Waals surface area contributed by atoms with Gasteiger partial charge in [0.2, 0.25) is 5.13 Å². The lowest BCUT2D eigenvalue weighted by Crippen LogP contribution is -2.09. The summed E-state index contributed by atoms with van der Waals surface area (Å²) >= 11 is 1.54. The van der Waals surface area contributed by atoms with E-state index >= 15 is 0 Å². The van der Waals surface area contributed by atoms with Crippen molar-refractivity contribution in [2.45, 2.75) is 6.92 Å². The first-order valence-electron chi connectivity index (χ1n) is 7.23. The van der Waals surface area contributed by atoms with Gasteiger partial charge in [0, 0.05) is 0 Å². The molecule has 24 heavy (non-hydrogen) atoms. The molecule has 0 saturated carbocycles. The number of nitrogens with zero attached hydrogens (tertiary/aromatic N) is 2. The summed E-state index contributed by atoms with van der Waals surface area (Å²) in [6, 6.07) is 15.0. The summed E-state index contributed by atoms with van der Waals surface area (Å²) in [4.78, 5) is 14.9. The molecule has 0 aliphatic heterocycles. The van der Waals surface area contributed by atoms with E-state index in [1.54, 1.807) is 23.5 Å². The van der Waals surface area contributed by atoms with E-state index in [4.69, 9.17) is 9.84 Å². The molecule has 0 spiro atoms. The van der Waals surface area contributed by atoms with Crippen molar-refractivity contribution in [1.82, 2.24) is 4.98 Å². The lowest BCUT2D eigenvalue weighted by atomic mass is 10.1. The number of rotatable bonds is 6.